The molecule has 2 rings (SSSR count). The third kappa shape index (κ3) is 2.10. The molecular formula is C10H16ClNO2. The van der Waals surface area contributed by atoms with Crippen molar-refractivity contribution in [2.24, 2.45) is 5.92 Å². The van der Waals surface area contributed by atoms with Gasteiger partial charge in [-0.1, -0.05) is 12.2 Å². The fourth-order valence-corrected chi connectivity index (χ4v) is 2.26. The summed E-state index contributed by atoms with van der Waals surface area (Å²) in [5, 5.41) is 3.28. The zero-order valence-electron chi connectivity index (χ0n) is 8.23. The molecule has 1 N–H and O–H groups in total. The minimum atomic E-state index is -0.122. The van der Waals surface area contributed by atoms with E-state index in [4.69, 9.17) is 4.74 Å². The Kier molecular flexibility index (Phi) is 3.96. The molecular weight excluding hydrogens is 202 g/mol. The first kappa shape index (κ1) is 11.5. The Morgan fingerprint density at radius 2 is 2.36 bits per heavy atom. The lowest BCUT2D eigenvalue weighted by molar-refractivity contribution is -0.142. The summed E-state index contributed by atoms with van der Waals surface area (Å²) in [4.78, 5) is 11.2. The summed E-state index contributed by atoms with van der Waals surface area (Å²) in [6.45, 7) is 0. The molecule has 0 aromatic heterocycles. The highest BCUT2D eigenvalue weighted by Gasteiger charge is 2.36. The Labute approximate surface area is 90.3 Å². The molecule has 1 aliphatic heterocycles. The second kappa shape index (κ2) is 4.80. The molecule has 0 aromatic rings. The average molecular weight is 218 g/mol. The molecule has 14 heavy (non-hydrogen) atoms. The van der Waals surface area contributed by atoms with E-state index in [1.807, 2.05) is 0 Å². The van der Waals surface area contributed by atoms with Crippen LogP contribution in [-0.4, -0.2) is 25.2 Å². The molecule has 0 bridgehead atoms. The molecule has 1 aliphatic carbocycles. The van der Waals surface area contributed by atoms with E-state index >= 15 is 0 Å². The fourth-order valence-electron chi connectivity index (χ4n) is 2.26. The van der Waals surface area contributed by atoms with Crippen molar-refractivity contribution in [2.75, 3.05) is 7.11 Å². The van der Waals surface area contributed by atoms with Gasteiger partial charge < -0.3 is 4.74 Å². The molecule has 1 fully saturated rings. The van der Waals surface area contributed by atoms with Crippen molar-refractivity contribution in [1.29, 1.82) is 0 Å². The molecule has 3 nitrogen and oxygen atoms in total. The summed E-state index contributed by atoms with van der Waals surface area (Å²) in [5.41, 5.74) is 0. The van der Waals surface area contributed by atoms with Gasteiger partial charge in [-0.25, -0.2) is 0 Å². The Morgan fingerprint density at radius 3 is 3.00 bits per heavy atom. The lowest BCUT2D eigenvalue weighted by atomic mass is 9.90. The molecule has 80 valence electrons. The van der Waals surface area contributed by atoms with Gasteiger partial charge in [-0.2, -0.15) is 0 Å². The van der Waals surface area contributed by atoms with E-state index in [9.17, 15) is 4.79 Å². The van der Waals surface area contributed by atoms with Crippen LogP contribution in [0.1, 0.15) is 19.3 Å². The predicted molar refractivity (Wildman–Crippen MR) is 56.5 cm³/mol. The highest BCUT2D eigenvalue weighted by Crippen LogP contribution is 2.29. The van der Waals surface area contributed by atoms with E-state index in [-0.39, 0.29) is 24.4 Å². The number of methoxy groups -OCH3 is 1. The van der Waals surface area contributed by atoms with Crippen molar-refractivity contribution in [3.63, 3.8) is 0 Å². The number of rotatable bonds is 1. The number of ether oxygens (including phenoxy) is 1. The maximum atomic E-state index is 11.2. The zero-order valence-corrected chi connectivity index (χ0v) is 9.05. The van der Waals surface area contributed by atoms with Gasteiger partial charge in [0.15, 0.2) is 0 Å². The van der Waals surface area contributed by atoms with Crippen molar-refractivity contribution in [3.05, 3.63) is 12.2 Å². The molecule has 4 heteroatoms. The Bertz CT molecular complexity index is 242. The van der Waals surface area contributed by atoms with Gasteiger partial charge in [-0.3, -0.25) is 10.1 Å². The quantitative estimate of drug-likeness (QED) is 0.531. The SMILES string of the molecule is COC(=O)C1CC2CCC=CC2N1.Cl. The summed E-state index contributed by atoms with van der Waals surface area (Å²) < 4.78 is 4.71. The van der Waals surface area contributed by atoms with Crippen molar-refractivity contribution in [3.8, 4) is 0 Å². The summed E-state index contributed by atoms with van der Waals surface area (Å²) in [6.07, 6.45) is 7.64. The van der Waals surface area contributed by atoms with Gasteiger partial charge in [0, 0.05) is 6.04 Å². The number of carbonyl (C=O) groups is 1. The number of allylic oxidation sites excluding steroid dienone is 1. The van der Waals surface area contributed by atoms with E-state index in [1.165, 1.54) is 13.5 Å². The molecule has 1 heterocycles. The van der Waals surface area contributed by atoms with Gasteiger partial charge in [-0.05, 0) is 25.2 Å². The van der Waals surface area contributed by atoms with Crippen LogP contribution in [0.2, 0.25) is 0 Å². The summed E-state index contributed by atoms with van der Waals surface area (Å²) in [7, 11) is 1.45. The minimum Gasteiger partial charge on any atom is -0.468 e. The van der Waals surface area contributed by atoms with Gasteiger partial charge in [0.2, 0.25) is 0 Å². The standard InChI is InChI=1S/C10H15NO2.ClH/c1-13-10(12)9-6-7-4-2-3-5-8(7)11-9;/h3,5,7-9,11H,2,4,6H2,1H3;1H. The fraction of sp³-hybridized carbons (Fsp3) is 0.700. The third-order valence-corrected chi connectivity index (χ3v) is 2.97. The first-order valence-corrected chi connectivity index (χ1v) is 4.82. The number of fused-ring (bicyclic) bond motifs is 1. The average Bonchev–Trinajstić information content (AvgIpc) is 2.59. The first-order valence-electron chi connectivity index (χ1n) is 4.82. The topological polar surface area (TPSA) is 38.3 Å². The van der Waals surface area contributed by atoms with Crippen LogP contribution in [0.15, 0.2) is 12.2 Å². The van der Waals surface area contributed by atoms with Gasteiger partial charge in [0.25, 0.3) is 0 Å². The van der Waals surface area contributed by atoms with Gasteiger partial charge >= 0.3 is 5.97 Å². The van der Waals surface area contributed by atoms with E-state index < -0.39 is 0 Å². The maximum Gasteiger partial charge on any atom is 0.322 e. The minimum absolute atomic E-state index is 0. The van der Waals surface area contributed by atoms with E-state index in [0.717, 1.165) is 12.8 Å². The Hall–Kier alpha value is -0.540. The molecule has 0 radical (unpaired) electrons. The van der Waals surface area contributed by atoms with Crippen molar-refractivity contribution >= 4 is 18.4 Å². The molecule has 1 saturated heterocycles. The van der Waals surface area contributed by atoms with Crippen LogP contribution < -0.4 is 5.32 Å². The smallest absolute Gasteiger partial charge is 0.322 e. The lowest BCUT2D eigenvalue weighted by Gasteiger charge is -2.18. The maximum absolute atomic E-state index is 11.2. The van der Waals surface area contributed by atoms with E-state index in [0.29, 0.717) is 12.0 Å². The van der Waals surface area contributed by atoms with Crippen LogP contribution >= 0.6 is 12.4 Å². The van der Waals surface area contributed by atoms with Crippen LogP contribution in [0.25, 0.3) is 0 Å². The summed E-state index contributed by atoms with van der Waals surface area (Å²) in [5.74, 6) is 0.511. The third-order valence-electron chi connectivity index (χ3n) is 2.97. The van der Waals surface area contributed by atoms with Crippen LogP contribution in [-0.2, 0) is 9.53 Å². The number of carbonyl (C=O) groups excluding carboxylic acids is 1. The molecule has 0 spiro atoms. The van der Waals surface area contributed by atoms with E-state index in [1.54, 1.807) is 0 Å². The van der Waals surface area contributed by atoms with Gasteiger partial charge in [0.05, 0.1) is 7.11 Å². The monoisotopic (exact) mass is 217 g/mol. The lowest BCUT2D eigenvalue weighted by Crippen LogP contribution is -2.36. The normalized spacial score (nSPS) is 34.5. The van der Waals surface area contributed by atoms with Crippen LogP contribution in [0.3, 0.4) is 0 Å². The molecule has 0 amide bonds. The van der Waals surface area contributed by atoms with Crippen molar-refractivity contribution in [2.45, 2.75) is 31.3 Å². The predicted octanol–water partition coefficient (Wildman–Crippen LogP) is 1.28. The number of hydrogen-bond donors (Lipinski definition) is 1. The molecule has 0 saturated carbocycles. The summed E-state index contributed by atoms with van der Waals surface area (Å²) >= 11 is 0. The van der Waals surface area contributed by atoms with E-state index in [2.05, 4.69) is 17.5 Å². The second-order valence-corrected chi connectivity index (χ2v) is 3.77. The van der Waals surface area contributed by atoms with Crippen molar-refractivity contribution in [1.82, 2.24) is 5.32 Å². The number of hydrogen-bond acceptors (Lipinski definition) is 3. The Morgan fingerprint density at radius 1 is 1.57 bits per heavy atom. The number of esters is 1. The second-order valence-electron chi connectivity index (χ2n) is 3.77. The first-order chi connectivity index (χ1) is 6.31. The highest BCUT2D eigenvalue weighted by atomic mass is 35.5. The highest BCUT2D eigenvalue weighted by molar-refractivity contribution is 5.85. The zero-order chi connectivity index (χ0) is 9.26. The molecule has 3 atom stereocenters. The number of halogens is 1. The van der Waals surface area contributed by atoms with Crippen LogP contribution in [0.4, 0.5) is 0 Å². The van der Waals surface area contributed by atoms with Crippen molar-refractivity contribution < 1.29 is 9.53 Å². The van der Waals surface area contributed by atoms with Crippen LogP contribution in [0.5, 0.6) is 0 Å². The Balaban J connectivity index is 0.000000980. The van der Waals surface area contributed by atoms with Gasteiger partial charge in [0.1, 0.15) is 6.04 Å². The summed E-state index contributed by atoms with van der Waals surface area (Å²) in [6, 6.07) is 0.320. The molecule has 3 unspecified atom stereocenters. The number of nitrogens with one attached hydrogen (secondary N) is 1. The van der Waals surface area contributed by atoms with Gasteiger partial charge in [-0.15, -0.1) is 12.4 Å². The molecule has 0 aromatic carbocycles. The molecule has 2 aliphatic rings. The largest absolute Gasteiger partial charge is 0.468 e. The van der Waals surface area contributed by atoms with Crippen LogP contribution in [0, 0.1) is 5.92 Å².